The highest BCUT2D eigenvalue weighted by Crippen LogP contribution is 2.63. The van der Waals surface area contributed by atoms with Crippen molar-refractivity contribution in [3.05, 3.63) is 12.4 Å². The van der Waals surface area contributed by atoms with Gasteiger partial charge in [-0.2, -0.15) is 4.98 Å². The Morgan fingerprint density at radius 1 is 1.33 bits per heavy atom. The average molecular weight is 328 g/mol. The van der Waals surface area contributed by atoms with Gasteiger partial charge in [-0.1, -0.05) is 0 Å². The highest BCUT2D eigenvalue weighted by Gasteiger charge is 2.58. The fourth-order valence-electron chi connectivity index (χ4n) is 6.09. The summed E-state index contributed by atoms with van der Waals surface area (Å²) in [6, 6.07) is 2.13. The van der Waals surface area contributed by atoms with E-state index in [2.05, 4.69) is 27.4 Å². The van der Waals surface area contributed by atoms with Gasteiger partial charge in [0.1, 0.15) is 12.1 Å². The first-order valence-electron chi connectivity index (χ1n) is 8.90. The molecule has 0 aliphatic heterocycles. The third-order valence-corrected chi connectivity index (χ3v) is 6.68. The van der Waals surface area contributed by atoms with Crippen molar-refractivity contribution in [2.45, 2.75) is 57.1 Å². The van der Waals surface area contributed by atoms with Crippen molar-refractivity contribution in [2.75, 3.05) is 11.1 Å². The van der Waals surface area contributed by atoms with Crippen LogP contribution in [0.5, 0.6) is 0 Å². The van der Waals surface area contributed by atoms with Gasteiger partial charge in [-0.25, -0.2) is 0 Å². The van der Waals surface area contributed by atoms with E-state index >= 15 is 0 Å². The number of hydrogen-bond acceptors (Lipinski definition) is 6. The Kier molecular flexibility index (Phi) is 2.77. The second-order valence-corrected chi connectivity index (χ2v) is 8.47. The lowest BCUT2D eigenvalue weighted by Crippen LogP contribution is -2.60. The van der Waals surface area contributed by atoms with Gasteiger partial charge in [-0.05, 0) is 62.7 Å². The predicted molar refractivity (Wildman–Crippen MR) is 90.3 cm³/mol. The number of nitrogens with zero attached hydrogens (tertiary/aromatic N) is 4. The maximum Gasteiger partial charge on any atom is 0.209 e. The van der Waals surface area contributed by atoms with Gasteiger partial charge in [-0.15, -0.1) is 10.2 Å². The van der Waals surface area contributed by atoms with Crippen LogP contribution in [0.25, 0.3) is 5.65 Å². The number of rotatable bonds is 3. The molecule has 0 saturated heterocycles. The van der Waals surface area contributed by atoms with Crippen molar-refractivity contribution >= 4 is 17.4 Å². The van der Waals surface area contributed by atoms with Crippen LogP contribution >= 0.6 is 0 Å². The summed E-state index contributed by atoms with van der Waals surface area (Å²) in [5.41, 5.74) is 6.41. The Bertz CT molecular complexity index is 787. The summed E-state index contributed by atoms with van der Waals surface area (Å²) in [5, 5.41) is 22.5. The Balaban J connectivity index is 1.44. The van der Waals surface area contributed by atoms with Crippen LogP contribution in [0.15, 0.2) is 12.4 Å². The summed E-state index contributed by atoms with van der Waals surface area (Å²) in [5.74, 6) is 2.48. The van der Waals surface area contributed by atoms with Gasteiger partial charge in [0, 0.05) is 12.1 Å². The minimum atomic E-state index is -0.441. The van der Waals surface area contributed by atoms with Crippen molar-refractivity contribution in [2.24, 2.45) is 17.3 Å². The van der Waals surface area contributed by atoms with Crippen molar-refractivity contribution in [3.63, 3.8) is 0 Å². The van der Waals surface area contributed by atoms with E-state index in [-0.39, 0.29) is 11.5 Å². The summed E-state index contributed by atoms with van der Waals surface area (Å²) in [6.45, 7) is 2.22. The first-order chi connectivity index (χ1) is 11.4. The molecule has 2 aromatic rings. The van der Waals surface area contributed by atoms with Gasteiger partial charge in [-0.3, -0.25) is 4.40 Å². The second-order valence-electron chi connectivity index (χ2n) is 8.47. The summed E-state index contributed by atoms with van der Waals surface area (Å²) in [7, 11) is 0. The van der Waals surface area contributed by atoms with Gasteiger partial charge < -0.3 is 16.2 Å². The number of nitrogens with two attached hydrogens (primary N) is 1. The Morgan fingerprint density at radius 2 is 2.08 bits per heavy atom. The van der Waals surface area contributed by atoms with E-state index < -0.39 is 5.60 Å². The van der Waals surface area contributed by atoms with Crippen molar-refractivity contribution in [1.29, 1.82) is 0 Å². The lowest BCUT2D eigenvalue weighted by atomic mass is 9.46. The molecule has 4 aliphatic carbocycles. The van der Waals surface area contributed by atoms with Gasteiger partial charge in [0.25, 0.3) is 0 Å². The van der Waals surface area contributed by atoms with Crippen LogP contribution in [0.3, 0.4) is 0 Å². The maximum absolute atomic E-state index is 11.0. The first-order valence-corrected chi connectivity index (χ1v) is 8.90. The number of aliphatic hydroxyl groups is 1. The van der Waals surface area contributed by atoms with Crippen LogP contribution in [0.4, 0.5) is 11.8 Å². The molecule has 3 atom stereocenters. The molecule has 4 aliphatic rings. The van der Waals surface area contributed by atoms with E-state index in [0.717, 1.165) is 25.1 Å². The molecular weight excluding hydrogens is 304 g/mol. The van der Waals surface area contributed by atoms with Crippen molar-refractivity contribution in [3.8, 4) is 0 Å². The van der Waals surface area contributed by atoms with Crippen LogP contribution in [-0.4, -0.2) is 36.3 Å². The van der Waals surface area contributed by atoms with Gasteiger partial charge in [0.2, 0.25) is 5.95 Å². The summed E-state index contributed by atoms with van der Waals surface area (Å²) >= 11 is 0. The highest BCUT2D eigenvalue weighted by atomic mass is 16.3. The largest absolute Gasteiger partial charge is 0.390 e. The first kappa shape index (κ1) is 14.5. The molecule has 7 nitrogen and oxygen atoms in total. The monoisotopic (exact) mass is 328 g/mol. The zero-order valence-corrected chi connectivity index (χ0v) is 13.9. The number of nitrogens with one attached hydrogen (secondary N) is 1. The molecule has 4 N–H and O–H groups in total. The lowest BCUT2D eigenvalue weighted by molar-refractivity contribution is -0.167. The number of anilines is 2. The van der Waals surface area contributed by atoms with Crippen LogP contribution < -0.4 is 11.1 Å². The fraction of sp³-hybridized carbons (Fsp3) is 0.706. The number of nitrogen functional groups attached to an aromatic ring is 1. The van der Waals surface area contributed by atoms with E-state index in [1.165, 1.54) is 19.3 Å². The Morgan fingerprint density at radius 3 is 2.79 bits per heavy atom. The average Bonchev–Trinajstić information content (AvgIpc) is 2.93. The molecule has 2 heterocycles. The smallest absolute Gasteiger partial charge is 0.209 e. The van der Waals surface area contributed by atoms with Crippen LogP contribution in [0.2, 0.25) is 0 Å². The standard InChI is InChI=1S/C17H24N6O/c1-10(20-13-3-14-22-19-9-23(14)15(18)21-13)16-4-11-2-12(5-16)7-17(24,6-11)8-16/h3,9-12,20,24H,2,4-8H2,1H3,(H2,18,21). The second kappa shape index (κ2) is 4.59. The number of fused-ring (bicyclic) bond motifs is 1. The molecule has 7 heteroatoms. The van der Waals surface area contributed by atoms with Crippen molar-refractivity contribution < 1.29 is 5.11 Å². The molecule has 6 rings (SSSR count). The molecule has 4 saturated carbocycles. The topological polar surface area (TPSA) is 101 Å². The van der Waals surface area contributed by atoms with Gasteiger partial charge in [0.05, 0.1) is 5.60 Å². The lowest BCUT2D eigenvalue weighted by Gasteiger charge is -2.62. The van der Waals surface area contributed by atoms with Crippen molar-refractivity contribution in [1.82, 2.24) is 19.6 Å². The Hall–Kier alpha value is -1.89. The van der Waals surface area contributed by atoms with E-state index in [0.29, 0.717) is 23.4 Å². The van der Waals surface area contributed by atoms with Crippen LogP contribution in [-0.2, 0) is 0 Å². The van der Waals surface area contributed by atoms with Gasteiger partial charge in [0.15, 0.2) is 5.65 Å². The normalized spacial score (nSPS) is 38.6. The predicted octanol–water partition coefficient (Wildman–Crippen LogP) is 1.84. The zero-order valence-electron chi connectivity index (χ0n) is 13.9. The number of hydrogen-bond donors (Lipinski definition) is 3. The molecule has 0 aromatic carbocycles. The quantitative estimate of drug-likeness (QED) is 0.795. The van der Waals surface area contributed by atoms with Crippen LogP contribution in [0.1, 0.15) is 45.4 Å². The zero-order chi connectivity index (χ0) is 16.5. The Labute approximate surface area is 140 Å². The molecule has 3 unspecified atom stereocenters. The van der Waals surface area contributed by atoms with E-state index in [9.17, 15) is 5.11 Å². The molecule has 0 amide bonds. The van der Waals surface area contributed by atoms with Crippen LogP contribution in [0, 0.1) is 17.3 Å². The van der Waals surface area contributed by atoms with E-state index in [1.54, 1.807) is 10.7 Å². The van der Waals surface area contributed by atoms with Gasteiger partial charge >= 0.3 is 0 Å². The molecule has 4 bridgehead atoms. The molecule has 128 valence electrons. The third-order valence-electron chi connectivity index (χ3n) is 6.68. The molecular formula is C17H24N6O. The highest BCUT2D eigenvalue weighted by molar-refractivity contribution is 5.54. The molecule has 4 fully saturated rings. The van der Waals surface area contributed by atoms with E-state index in [1.807, 2.05) is 6.07 Å². The SMILES string of the molecule is CC(Nc1cc2nncn2c(N)n1)C12CC3CC(CC(O)(C3)C1)C2. The summed E-state index contributed by atoms with van der Waals surface area (Å²) in [4.78, 5) is 4.45. The van der Waals surface area contributed by atoms with E-state index in [4.69, 9.17) is 5.73 Å². The number of aromatic nitrogens is 4. The summed E-state index contributed by atoms with van der Waals surface area (Å²) < 4.78 is 1.67. The minimum absolute atomic E-state index is 0.162. The molecule has 0 radical (unpaired) electrons. The third kappa shape index (κ3) is 2.03. The molecule has 0 spiro atoms. The molecule has 2 aromatic heterocycles. The fourth-order valence-corrected chi connectivity index (χ4v) is 6.09. The summed E-state index contributed by atoms with van der Waals surface area (Å²) in [6.07, 6.45) is 8.19. The maximum atomic E-state index is 11.0. The molecule has 24 heavy (non-hydrogen) atoms. The minimum Gasteiger partial charge on any atom is -0.390 e.